The fourth-order valence-corrected chi connectivity index (χ4v) is 11.2. The van der Waals surface area contributed by atoms with E-state index in [-0.39, 0.29) is 81.1 Å². The summed E-state index contributed by atoms with van der Waals surface area (Å²) in [5.74, 6) is -6.62. The molecule has 1 amide bonds. The van der Waals surface area contributed by atoms with Gasteiger partial charge in [-0.25, -0.2) is 4.79 Å². The molecule has 15 atom stereocenters. The number of carbonyl (C=O) groups is 5. The molecule has 1 saturated carbocycles. The number of allylic oxidation sites excluding steroid dienone is 6. The number of aromatic nitrogens is 1. The Hall–Kier alpha value is -4.46. The lowest BCUT2D eigenvalue weighted by molar-refractivity contribution is -0.266. The van der Waals surface area contributed by atoms with Gasteiger partial charge in [-0.15, -0.1) is 0 Å². The van der Waals surface area contributed by atoms with Crippen LogP contribution in [0.1, 0.15) is 138 Å². The molecule has 5 rings (SSSR count). The van der Waals surface area contributed by atoms with Crippen LogP contribution in [0.3, 0.4) is 0 Å². The van der Waals surface area contributed by atoms with Gasteiger partial charge in [-0.2, -0.15) is 0 Å². The van der Waals surface area contributed by atoms with Crippen LogP contribution in [0, 0.1) is 35.5 Å². The van der Waals surface area contributed by atoms with Crippen LogP contribution in [0.25, 0.3) is 0 Å². The average molecular weight is 1070 g/mol. The number of Topliss-reactive ketones (excluding diaryl/α,β-unsaturated/α-hetero) is 3. The molecule has 17 nitrogen and oxygen atoms in total. The molecule has 4 aliphatic rings. The molecule has 0 radical (unpaired) electrons. The summed E-state index contributed by atoms with van der Waals surface area (Å²) in [7, 11) is 2.94. The number of aliphatic hydroxyl groups excluding tert-OH is 3. The third kappa shape index (κ3) is 17.5. The summed E-state index contributed by atoms with van der Waals surface area (Å²) in [6.45, 7) is 13.0. The molecule has 0 aromatic carbocycles. The molecule has 3 aliphatic heterocycles. The minimum absolute atomic E-state index is 0.0266. The summed E-state index contributed by atoms with van der Waals surface area (Å²) in [6.07, 6.45) is 11.8. The molecule has 3 fully saturated rings. The Morgan fingerprint density at radius 3 is 2.36 bits per heavy atom. The second-order valence-electron chi connectivity index (χ2n) is 22.1. The number of methoxy groups -OCH3 is 2. The van der Waals surface area contributed by atoms with Crippen LogP contribution in [0.5, 0.6) is 5.75 Å². The van der Waals surface area contributed by atoms with E-state index < -0.39 is 90.3 Å². The van der Waals surface area contributed by atoms with Crippen molar-refractivity contribution in [2.45, 2.75) is 193 Å². The molecule has 424 valence electrons. The maximum absolute atomic E-state index is 14.5. The molecule has 17 heteroatoms. The number of aliphatic hydroxyl groups is 4. The number of nitrogens with zero attached hydrogens (tertiary/aromatic N) is 2. The van der Waals surface area contributed by atoms with E-state index in [1.165, 1.54) is 12.0 Å². The van der Waals surface area contributed by atoms with Crippen molar-refractivity contribution in [3.05, 3.63) is 71.6 Å². The smallest absolute Gasteiger partial charge is 0.329 e. The van der Waals surface area contributed by atoms with E-state index in [0.29, 0.717) is 68.4 Å². The third-order valence-corrected chi connectivity index (χ3v) is 16.0. The first-order valence-corrected chi connectivity index (χ1v) is 27.6. The number of amides is 1. The van der Waals surface area contributed by atoms with Gasteiger partial charge in [-0.05, 0) is 119 Å². The Kier molecular flexibility index (Phi) is 24.7. The van der Waals surface area contributed by atoms with E-state index in [1.54, 1.807) is 59.2 Å². The van der Waals surface area contributed by atoms with Crippen molar-refractivity contribution in [3.8, 4) is 5.75 Å². The van der Waals surface area contributed by atoms with Gasteiger partial charge in [0.25, 0.3) is 0 Å². The van der Waals surface area contributed by atoms with Gasteiger partial charge >= 0.3 is 5.97 Å². The van der Waals surface area contributed by atoms with Crippen LogP contribution in [-0.4, -0.2) is 148 Å². The first-order valence-electron chi connectivity index (χ1n) is 27.6. The first kappa shape index (κ1) is 62.4. The molecular formula is C59H88N2O15. The summed E-state index contributed by atoms with van der Waals surface area (Å²) in [5, 5.41) is 43.3. The number of fused-ring (bicyclic) bond motifs is 3. The van der Waals surface area contributed by atoms with Crippen LogP contribution >= 0.6 is 0 Å². The summed E-state index contributed by atoms with van der Waals surface area (Å²) < 4.78 is 35.8. The Bertz CT molecular complexity index is 2190. The van der Waals surface area contributed by atoms with E-state index in [1.807, 2.05) is 51.2 Å². The van der Waals surface area contributed by atoms with Crippen LogP contribution in [0.15, 0.2) is 65.9 Å². The normalized spacial score (nSPS) is 36.4. The van der Waals surface area contributed by atoms with Crippen molar-refractivity contribution in [2.75, 3.05) is 34.0 Å². The molecule has 2 bridgehead atoms. The van der Waals surface area contributed by atoms with E-state index in [2.05, 4.69) is 4.98 Å². The minimum atomic E-state index is -2.30. The van der Waals surface area contributed by atoms with Gasteiger partial charge in [-0.3, -0.25) is 24.2 Å². The Labute approximate surface area is 450 Å². The number of hydrogen-bond acceptors (Lipinski definition) is 16. The lowest BCUT2D eigenvalue weighted by Gasteiger charge is -2.42. The topological polar surface area (TPSA) is 238 Å². The summed E-state index contributed by atoms with van der Waals surface area (Å²) in [5.41, 5.74) is 1.82. The number of piperidine rings is 1. The number of rotatable bonds is 11. The van der Waals surface area contributed by atoms with E-state index in [4.69, 9.17) is 33.5 Å². The lowest BCUT2D eigenvalue weighted by Crippen LogP contribution is -2.56. The highest BCUT2D eigenvalue weighted by molar-refractivity contribution is 6.02. The SMILES string of the molecule is CO[C@@H]1C[C@H](C[C@@H](C)[C@@H]2CC(=O)[C@H](C)/C=C(\C)[C@@H](O)[C@@H](OC)C(=O)[C@H](C)C[C@H](C)/C=C/C=C/C=C(\C)[C@H](OCc3ccc(OCCO)cn3)C[C@@H]3CC[C@@H](C)[C@@](O)(O3)C(=O)CC(=O)N3CCCC[C@H]3C(=O)O2)CC[C@H]1O. The number of hydrogen-bond donors (Lipinski definition) is 4. The van der Waals surface area contributed by atoms with Crippen LogP contribution in [-0.2, 0) is 54.3 Å². The van der Waals surface area contributed by atoms with E-state index in [9.17, 15) is 39.3 Å². The van der Waals surface area contributed by atoms with Crippen molar-refractivity contribution >= 4 is 29.2 Å². The zero-order valence-electron chi connectivity index (χ0n) is 46.5. The maximum Gasteiger partial charge on any atom is 0.329 e. The van der Waals surface area contributed by atoms with Crippen LogP contribution in [0.2, 0.25) is 0 Å². The largest absolute Gasteiger partial charge is 0.490 e. The predicted octanol–water partition coefficient (Wildman–Crippen LogP) is 6.91. The van der Waals surface area contributed by atoms with Crippen LogP contribution in [0.4, 0.5) is 0 Å². The lowest BCUT2D eigenvalue weighted by atomic mass is 9.78. The van der Waals surface area contributed by atoms with Crippen molar-refractivity contribution in [1.29, 1.82) is 0 Å². The first-order chi connectivity index (χ1) is 36.2. The van der Waals surface area contributed by atoms with Gasteiger partial charge in [0.2, 0.25) is 17.5 Å². The summed E-state index contributed by atoms with van der Waals surface area (Å²) in [4.78, 5) is 76.9. The molecule has 0 spiro atoms. The Balaban J connectivity index is 1.46. The zero-order valence-corrected chi connectivity index (χ0v) is 46.5. The van der Waals surface area contributed by atoms with E-state index in [0.717, 1.165) is 12.0 Å². The average Bonchev–Trinajstić information content (AvgIpc) is 3.40. The standard InChI is InChI=1S/C59H88N2O15/c1-36-15-11-10-12-16-37(2)50(74-35-44-20-22-46(34-60-44)73-26-25-62)31-45-21-18-42(7)59(70,76-45)53(65)33-54(66)61-24-14-13-17-47(61)58(69)75-51(39(4)29-43-19-23-48(63)52(30-43)71-8)32-49(64)38(3)28-41(6)56(68)57(72-9)55(67)40(5)27-36/h10-12,15-16,20,22,28,34,36,38-40,42-43,45,47-48,50-52,56-57,62-63,68,70H,13-14,17-19,21,23-27,29-33,35H2,1-9H3/b12-10+,15-11+,37-16+,41-28+/t36-,38-,39-,40-,42-,43+,45+,47+,48-,50-,51+,52-,56-,57+,59-/m1/s1. The second-order valence-corrected chi connectivity index (χ2v) is 22.1. The molecule has 76 heavy (non-hydrogen) atoms. The highest BCUT2D eigenvalue weighted by Gasteiger charge is 2.49. The number of esters is 1. The minimum Gasteiger partial charge on any atom is -0.490 e. The fraction of sp³-hybridized carbons (Fsp3) is 0.695. The molecule has 1 aromatic heterocycles. The van der Waals surface area contributed by atoms with Gasteiger partial charge in [0, 0.05) is 51.4 Å². The highest BCUT2D eigenvalue weighted by atomic mass is 16.6. The quantitative estimate of drug-likeness (QED) is 0.100. The third-order valence-electron chi connectivity index (χ3n) is 16.0. The van der Waals surface area contributed by atoms with Crippen molar-refractivity contribution in [3.63, 3.8) is 0 Å². The zero-order chi connectivity index (χ0) is 55.7. The fourth-order valence-electron chi connectivity index (χ4n) is 11.2. The van der Waals surface area contributed by atoms with Crippen molar-refractivity contribution < 1.29 is 72.8 Å². The predicted molar refractivity (Wildman–Crippen MR) is 284 cm³/mol. The van der Waals surface area contributed by atoms with Gasteiger partial charge in [-0.1, -0.05) is 71.1 Å². The van der Waals surface area contributed by atoms with Gasteiger partial charge in [0.15, 0.2) is 5.78 Å². The molecule has 1 aliphatic carbocycles. The molecule has 4 N–H and O–H groups in total. The van der Waals surface area contributed by atoms with Gasteiger partial charge in [0.05, 0.1) is 55.9 Å². The molecule has 0 unspecified atom stereocenters. The highest BCUT2D eigenvalue weighted by Crippen LogP contribution is 2.38. The van der Waals surface area contributed by atoms with E-state index >= 15 is 0 Å². The Morgan fingerprint density at radius 1 is 0.895 bits per heavy atom. The number of cyclic esters (lactones) is 1. The monoisotopic (exact) mass is 1060 g/mol. The molecule has 2 saturated heterocycles. The molecule has 1 aromatic rings. The number of ether oxygens (including phenoxy) is 6. The second kappa shape index (κ2) is 30.1. The Morgan fingerprint density at radius 2 is 1.66 bits per heavy atom. The van der Waals surface area contributed by atoms with Gasteiger partial charge < -0.3 is 53.7 Å². The summed E-state index contributed by atoms with van der Waals surface area (Å²) in [6, 6.07) is 2.45. The maximum atomic E-state index is 14.5. The molecule has 4 heterocycles. The van der Waals surface area contributed by atoms with Gasteiger partial charge in [0.1, 0.15) is 42.5 Å². The van der Waals surface area contributed by atoms with Crippen LogP contribution < -0.4 is 4.74 Å². The number of pyridine rings is 1. The summed E-state index contributed by atoms with van der Waals surface area (Å²) >= 11 is 0. The van der Waals surface area contributed by atoms with Crippen molar-refractivity contribution in [2.24, 2.45) is 35.5 Å². The number of carbonyl (C=O) groups excluding carboxylic acids is 5. The molecular weight excluding hydrogens is 977 g/mol. The number of ketones is 3. The van der Waals surface area contributed by atoms with Crippen molar-refractivity contribution in [1.82, 2.24) is 9.88 Å².